The molecule has 3 nitrogen and oxygen atoms in total. The molecule has 0 radical (unpaired) electrons. The third kappa shape index (κ3) is 7.70. The molecule has 0 aromatic heterocycles. The number of rotatable bonds is 8. The van der Waals surface area contributed by atoms with Gasteiger partial charge < -0.3 is 10.6 Å². The van der Waals surface area contributed by atoms with E-state index in [-0.39, 0.29) is 17.5 Å². The van der Waals surface area contributed by atoms with Crippen LogP contribution in [0.15, 0.2) is 0 Å². The molecule has 108 valence electrons. The van der Waals surface area contributed by atoms with Gasteiger partial charge in [0.1, 0.15) is 0 Å². The number of carbonyl (C=O) groups is 1. The summed E-state index contributed by atoms with van der Waals surface area (Å²) >= 11 is 0. The average molecular weight is 256 g/mol. The molecule has 0 spiro atoms. The summed E-state index contributed by atoms with van der Waals surface area (Å²) in [4.78, 5) is 12.0. The molecule has 0 fully saturated rings. The van der Waals surface area contributed by atoms with Gasteiger partial charge in [-0.05, 0) is 52.9 Å². The van der Waals surface area contributed by atoms with E-state index in [2.05, 4.69) is 52.2 Å². The summed E-state index contributed by atoms with van der Waals surface area (Å²) in [7, 11) is 0. The Morgan fingerprint density at radius 1 is 1.11 bits per heavy atom. The van der Waals surface area contributed by atoms with Gasteiger partial charge >= 0.3 is 0 Å². The average Bonchev–Trinajstić information content (AvgIpc) is 2.25. The molecule has 0 saturated heterocycles. The molecule has 0 aliphatic carbocycles. The summed E-state index contributed by atoms with van der Waals surface area (Å²) in [6.45, 7) is 14.7. The van der Waals surface area contributed by atoms with Gasteiger partial charge in [0.2, 0.25) is 5.91 Å². The van der Waals surface area contributed by atoms with E-state index in [1.54, 1.807) is 0 Å². The molecule has 0 bridgehead atoms. The molecular formula is C15H32N2O. The van der Waals surface area contributed by atoms with Crippen molar-refractivity contribution < 1.29 is 4.79 Å². The molecule has 2 atom stereocenters. The number of hydrogen-bond acceptors (Lipinski definition) is 2. The fraction of sp³-hybridized carbons (Fsp3) is 0.933. The van der Waals surface area contributed by atoms with E-state index < -0.39 is 0 Å². The molecule has 0 heterocycles. The van der Waals surface area contributed by atoms with Crippen LogP contribution < -0.4 is 10.6 Å². The van der Waals surface area contributed by atoms with E-state index in [0.29, 0.717) is 6.04 Å². The first-order valence-corrected chi connectivity index (χ1v) is 7.26. The van der Waals surface area contributed by atoms with Crippen molar-refractivity contribution in [3.63, 3.8) is 0 Å². The smallest absolute Gasteiger partial charge is 0.237 e. The lowest BCUT2D eigenvalue weighted by Crippen LogP contribution is -2.52. The summed E-state index contributed by atoms with van der Waals surface area (Å²) in [5.41, 5.74) is -0.117. The van der Waals surface area contributed by atoms with Crippen LogP contribution in [0.25, 0.3) is 0 Å². The summed E-state index contributed by atoms with van der Waals surface area (Å²) < 4.78 is 0. The van der Waals surface area contributed by atoms with Crippen molar-refractivity contribution >= 4 is 5.91 Å². The summed E-state index contributed by atoms with van der Waals surface area (Å²) in [5, 5.41) is 6.44. The Morgan fingerprint density at radius 2 is 1.67 bits per heavy atom. The monoisotopic (exact) mass is 256 g/mol. The molecule has 1 amide bonds. The number of carbonyl (C=O) groups excluding carboxylic acids is 1. The highest BCUT2D eigenvalue weighted by Crippen LogP contribution is 2.09. The van der Waals surface area contributed by atoms with Crippen LogP contribution in [-0.2, 0) is 4.79 Å². The molecule has 18 heavy (non-hydrogen) atoms. The Bertz CT molecular complexity index is 249. The second-order valence-corrected chi connectivity index (χ2v) is 6.49. The predicted octanol–water partition coefficient (Wildman–Crippen LogP) is 3.09. The van der Waals surface area contributed by atoms with Crippen molar-refractivity contribution in [2.75, 3.05) is 0 Å². The first-order valence-electron chi connectivity index (χ1n) is 7.26. The molecule has 0 saturated carbocycles. The second kappa shape index (κ2) is 7.78. The van der Waals surface area contributed by atoms with Crippen molar-refractivity contribution in [3.8, 4) is 0 Å². The van der Waals surface area contributed by atoms with Crippen LogP contribution in [0.2, 0.25) is 0 Å². The zero-order valence-corrected chi connectivity index (χ0v) is 13.3. The van der Waals surface area contributed by atoms with Gasteiger partial charge in [0.25, 0.3) is 0 Å². The molecule has 2 N–H and O–H groups in total. The van der Waals surface area contributed by atoms with Gasteiger partial charge in [-0.3, -0.25) is 4.79 Å². The molecule has 0 aromatic rings. The van der Waals surface area contributed by atoms with E-state index in [1.807, 2.05) is 6.92 Å². The lowest BCUT2D eigenvalue weighted by Gasteiger charge is -2.28. The fourth-order valence-electron chi connectivity index (χ4n) is 1.70. The van der Waals surface area contributed by atoms with Gasteiger partial charge in [0, 0.05) is 11.6 Å². The van der Waals surface area contributed by atoms with Crippen LogP contribution in [0.1, 0.15) is 67.7 Å². The first kappa shape index (κ1) is 17.4. The number of nitrogens with one attached hydrogen (secondary N) is 2. The quantitative estimate of drug-likeness (QED) is 0.700. The van der Waals surface area contributed by atoms with Crippen molar-refractivity contribution in [2.24, 2.45) is 5.92 Å². The van der Waals surface area contributed by atoms with Gasteiger partial charge in [-0.15, -0.1) is 0 Å². The SMILES string of the molecule is CCC(C)(C)NC(=O)C(C)NC(C)CCC(C)C. The molecular weight excluding hydrogens is 224 g/mol. The van der Waals surface area contributed by atoms with Crippen LogP contribution in [0.5, 0.6) is 0 Å². The summed E-state index contributed by atoms with van der Waals surface area (Å²) in [6.07, 6.45) is 3.25. The van der Waals surface area contributed by atoms with Crippen LogP contribution in [-0.4, -0.2) is 23.5 Å². The zero-order valence-electron chi connectivity index (χ0n) is 13.3. The Morgan fingerprint density at radius 3 is 2.11 bits per heavy atom. The van der Waals surface area contributed by atoms with E-state index in [4.69, 9.17) is 0 Å². The van der Waals surface area contributed by atoms with E-state index in [9.17, 15) is 4.79 Å². The Labute approximate surface area is 113 Å². The van der Waals surface area contributed by atoms with Crippen LogP contribution in [0.4, 0.5) is 0 Å². The van der Waals surface area contributed by atoms with Gasteiger partial charge in [-0.2, -0.15) is 0 Å². The van der Waals surface area contributed by atoms with Crippen molar-refractivity contribution in [2.45, 2.75) is 85.4 Å². The molecule has 3 heteroatoms. The lowest BCUT2D eigenvalue weighted by atomic mass is 10.0. The van der Waals surface area contributed by atoms with Crippen molar-refractivity contribution in [1.82, 2.24) is 10.6 Å². The standard InChI is InChI=1S/C15H32N2O/c1-8-15(6,7)17-14(18)13(5)16-12(4)10-9-11(2)3/h11-13,16H,8-10H2,1-7H3,(H,17,18). The maximum absolute atomic E-state index is 12.0. The van der Waals surface area contributed by atoms with Crippen LogP contribution in [0.3, 0.4) is 0 Å². The third-order valence-electron chi connectivity index (χ3n) is 3.45. The molecule has 0 aliphatic heterocycles. The molecule has 0 aromatic carbocycles. The van der Waals surface area contributed by atoms with E-state index >= 15 is 0 Å². The normalized spacial score (nSPS) is 15.6. The maximum Gasteiger partial charge on any atom is 0.237 e. The Kier molecular flexibility index (Phi) is 7.53. The highest BCUT2D eigenvalue weighted by atomic mass is 16.2. The maximum atomic E-state index is 12.0. The molecule has 2 unspecified atom stereocenters. The van der Waals surface area contributed by atoms with Crippen molar-refractivity contribution in [1.29, 1.82) is 0 Å². The summed E-state index contributed by atoms with van der Waals surface area (Å²) in [5.74, 6) is 0.815. The molecule has 0 rings (SSSR count). The Balaban J connectivity index is 4.08. The lowest BCUT2D eigenvalue weighted by molar-refractivity contribution is -0.124. The minimum absolute atomic E-state index is 0.0956. The van der Waals surface area contributed by atoms with E-state index in [0.717, 1.165) is 18.8 Å². The summed E-state index contributed by atoms with van der Waals surface area (Å²) in [6, 6.07) is 0.260. The highest BCUT2D eigenvalue weighted by molar-refractivity contribution is 5.82. The first-order chi connectivity index (χ1) is 8.18. The number of amides is 1. The minimum atomic E-state index is -0.127. The van der Waals surface area contributed by atoms with Gasteiger partial charge in [0.15, 0.2) is 0 Å². The predicted molar refractivity (Wildman–Crippen MR) is 78.6 cm³/mol. The van der Waals surface area contributed by atoms with Crippen LogP contribution in [0, 0.1) is 5.92 Å². The van der Waals surface area contributed by atoms with Crippen LogP contribution >= 0.6 is 0 Å². The van der Waals surface area contributed by atoms with Gasteiger partial charge in [-0.1, -0.05) is 20.8 Å². The fourth-order valence-corrected chi connectivity index (χ4v) is 1.70. The number of hydrogen-bond donors (Lipinski definition) is 2. The van der Waals surface area contributed by atoms with Gasteiger partial charge in [-0.25, -0.2) is 0 Å². The second-order valence-electron chi connectivity index (χ2n) is 6.49. The topological polar surface area (TPSA) is 41.1 Å². The van der Waals surface area contributed by atoms with Gasteiger partial charge in [0.05, 0.1) is 6.04 Å². The molecule has 0 aliphatic rings. The highest BCUT2D eigenvalue weighted by Gasteiger charge is 2.22. The minimum Gasteiger partial charge on any atom is -0.350 e. The van der Waals surface area contributed by atoms with Crippen molar-refractivity contribution in [3.05, 3.63) is 0 Å². The Hall–Kier alpha value is -0.570. The largest absolute Gasteiger partial charge is 0.350 e. The zero-order chi connectivity index (χ0) is 14.3. The third-order valence-corrected chi connectivity index (χ3v) is 3.45. The van der Waals surface area contributed by atoms with E-state index in [1.165, 1.54) is 6.42 Å².